The largest absolute Gasteiger partial charge is 0.416 e. The van der Waals surface area contributed by atoms with Gasteiger partial charge in [0.15, 0.2) is 0 Å². The molecule has 1 saturated heterocycles. The van der Waals surface area contributed by atoms with Gasteiger partial charge in [-0.05, 0) is 32.0 Å². The summed E-state index contributed by atoms with van der Waals surface area (Å²) in [7, 11) is -4.13. The van der Waals surface area contributed by atoms with Crippen molar-refractivity contribution in [2.75, 3.05) is 26.2 Å². The summed E-state index contributed by atoms with van der Waals surface area (Å²) in [6, 6.07) is 2.32. The van der Waals surface area contributed by atoms with E-state index >= 15 is 0 Å². The number of sulfonamides is 1. The van der Waals surface area contributed by atoms with Crippen LogP contribution in [-0.4, -0.2) is 49.0 Å². The number of aromatic nitrogens is 1. The molecule has 0 unspecified atom stereocenters. The molecule has 0 bridgehead atoms. The fourth-order valence-electron chi connectivity index (χ4n) is 3.10. The second kappa shape index (κ2) is 7.66. The first-order chi connectivity index (χ1) is 13.0. The number of nitrogens with zero attached hydrogens (tertiary/aromatic N) is 3. The Morgan fingerprint density at radius 2 is 1.82 bits per heavy atom. The molecule has 2 heterocycles. The number of aryl methyl sites for hydroxylation is 2. The molecule has 0 radical (unpaired) electrons. The van der Waals surface area contributed by atoms with Gasteiger partial charge in [-0.15, -0.1) is 0 Å². The van der Waals surface area contributed by atoms with Crippen LogP contribution in [-0.2, 0) is 22.7 Å². The van der Waals surface area contributed by atoms with E-state index in [1.807, 2.05) is 18.7 Å². The van der Waals surface area contributed by atoms with Crippen LogP contribution in [0.2, 0.25) is 5.02 Å². The Morgan fingerprint density at radius 3 is 2.36 bits per heavy atom. The molecule has 0 saturated carbocycles. The van der Waals surface area contributed by atoms with Crippen molar-refractivity contribution in [2.24, 2.45) is 0 Å². The summed E-state index contributed by atoms with van der Waals surface area (Å²) in [6.45, 7) is 5.38. The van der Waals surface area contributed by atoms with Gasteiger partial charge in [-0.3, -0.25) is 4.90 Å². The topological polar surface area (TPSA) is 66.7 Å². The van der Waals surface area contributed by atoms with Gasteiger partial charge in [-0.1, -0.05) is 16.8 Å². The SMILES string of the molecule is Cc1noc(C)c1CN1CCN(S(=O)(=O)c2cc(C(F)(F)F)ccc2Cl)CC1. The molecule has 1 fully saturated rings. The molecule has 0 N–H and O–H groups in total. The maximum absolute atomic E-state index is 13.0. The van der Waals surface area contributed by atoms with Crippen molar-refractivity contribution in [3.8, 4) is 0 Å². The van der Waals surface area contributed by atoms with Crippen LogP contribution in [0.25, 0.3) is 0 Å². The molecule has 28 heavy (non-hydrogen) atoms. The number of hydrogen-bond donors (Lipinski definition) is 0. The lowest BCUT2D eigenvalue weighted by atomic mass is 10.2. The molecule has 1 aliphatic heterocycles. The first kappa shape index (κ1) is 21.1. The summed E-state index contributed by atoms with van der Waals surface area (Å²) < 4.78 is 70.9. The second-order valence-electron chi connectivity index (χ2n) is 6.63. The molecule has 1 aromatic heterocycles. The minimum absolute atomic E-state index is 0.151. The minimum atomic E-state index is -4.65. The van der Waals surface area contributed by atoms with Gasteiger partial charge >= 0.3 is 6.18 Å². The van der Waals surface area contributed by atoms with E-state index in [1.54, 1.807) is 0 Å². The van der Waals surface area contributed by atoms with Crippen LogP contribution >= 0.6 is 11.6 Å². The molecule has 2 aromatic rings. The van der Waals surface area contributed by atoms with E-state index in [0.29, 0.717) is 31.5 Å². The molecule has 6 nitrogen and oxygen atoms in total. The van der Waals surface area contributed by atoms with E-state index in [2.05, 4.69) is 5.16 Å². The quantitative estimate of drug-likeness (QED) is 0.732. The minimum Gasteiger partial charge on any atom is -0.361 e. The van der Waals surface area contributed by atoms with Crippen LogP contribution in [0.5, 0.6) is 0 Å². The van der Waals surface area contributed by atoms with Crippen LogP contribution in [0.15, 0.2) is 27.6 Å². The van der Waals surface area contributed by atoms with E-state index in [-0.39, 0.29) is 18.1 Å². The number of rotatable bonds is 4. The van der Waals surface area contributed by atoms with Gasteiger partial charge in [0.25, 0.3) is 0 Å². The predicted molar refractivity (Wildman–Crippen MR) is 96.5 cm³/mol. The van der Waals surface area contributed by atoms with Crippen molar-refractivity contribution in [3.05, 3.63) is 45.8 Å². The molecule has 0 aliphatic carbocycles. The zero-order valence-electron chi connectivity index (χ0n) is 15.3. The highest BCUT2D eigenvalue weighted by atomic mass is 35.5. The van der Waals surface area contributed by atoms with Gasteiger partial charge in [-0.2, -0.15) is 17.5 Å². The number of hydrogen-bond acceptors (Lipinski definition) is 5. The van der Waals surface area contributed by atoms with Gasteiger partial charge in [0.2, 0.25) is 10.0 Å². The maximum Gasteiger partial charge on any atom is 0.416 e. The highest BCUT2D eigenvalue weighted by Gasteiger charge is 2.35. The predicted octanol–water partition coefficient (Wildman–Crippen LogP) is 3.47. The van der Waals surface area contributed by atoms with Gasteiger partial charge in [-0.25, -0.2) is 8.42 Å². The van der Waals surface area contributed by atoms with Gasteiger partial charge in [0, 0.05) is 38.3 Å². The van der Waals surface area contributed by atoms with Crippen molar-refractivity contribution in [3.63, 3.8) is 0 Å². The van der Waals surface area contributed by atoms with Crippen molar-refractivity contribution in [1.29, 1.82) is 0 Å². The Labute approximate surface area is 165 Å². The lowest BCUT2D eigenvalue weighted by Crippen LogP contribution is -2.48. The summed E-state index contributed by atoms with van der Waals surface area (Å²) >= 11 is 5.91. The fourth-order valence-corrected chi connectivity index (χ4v) is 5.02. The van der Waals surface area contributed by atoms with Crippen molar-refractivity contribution < 1.29 is 26.1 Å². The van der Waals surface area contributed by atoms with Crippen molar-refractivity contribution >= 4 is 21.6 Å². The van der Waals surface area contributed by atoms with Crippen molar-refractivity contribution in [1.82, 2.24) is 14.4 Å². The molecular weight excluding hydrogens is 419 g/mol. The van der Waals surface area contributed by atoms with E-state index in [9.17, 15) is 21.6 Å². The highest BCUT2D eigenvalue weighted by molar-refractivity contribution is 7.89. The molecular formula is C17H19ClF3N3O3S. The van der Waals surface area contributed by atoms with Gasteiger partial charge in [0.05, 0.1) is 16.3 Å². The Bertz CT molecular complexity index is 948. The summed E-state index contributed by atoms with van der Waals surface area (Å²) in [6.07, 6.45) is -4.65. The molecule has 154 valence electrons. The summed E-state index contributed by atoms with van der Waals surface area (Å²) in [4.78, 5) is 1.52. The monoisotopic (exact) mass is 437 g/mol. The smallest absolute Gasteiger partial charge is 0.361 e. The Balaban J connectivity index is 1.75. The zero-order chi connectivity index (χ0) is 20.7. The van der Waals surface area contributed by atoms with Crippen LogP contribution in [0, 0.1) is 13.8 Å². The summed E-state index contributed by atoms with van der Waals surface area (Å²) in [5.41, 5.74) is 0.688. The molecule has 1 aliphatic rings. The molecule has 3 rings (SSSR count). The summed E-state index contributed by atoms with van der Waals surface area (Å²) in [5, 5.41) is 3.67. The fraction of sp³-hybridized carbons (Fsp3) is 0.471. The number of benzene rings is 1. The molecule has 0 atom stereocenters. The van der Waals surface area contributed by atoms with E-state index < -0.39 is 26.7 Å². The van der Waals surface area contributed by atoms with E-state index in [1.165, 1.54) is 0 Å². The van der Waals surface area contributed by atoms with Crippen molar-refractivity contribution in [2.45, 2.75) is 31.5 Å². The Hall–Kier alpha value is -1.62. The van der Waals surface area contributed by atoms with E-state index in [4.69, 9.17) is 16.1 Å². The van der Waals surface area contributed by atoms with Crippen LogP contribution < -0.4 is 0 Å². The molecule has 1 aromatic carbocycles. The third-order valence-corrected chi connectivity index (χ3v) is 7.15. The first-order valence-corrected chi connectivity index (χ1v) is 10.3. The Kier molecular flexibility index (Phi) is 5.77. The maximum atomic E-state index is 13.0. The normalized spacial score (nSPS) is 17.2. The Morgan fingerprint density at radius 1 is 1.18 bits per heavy atom. The first-order valence-electron chi connectivity index (χ1n) is 8.51. The third kappa shape index (κ3) is 4.19. The molecule has 11 heteroatoms. The van der Waals surface area contributed by atoms with Gasteiger partial charge < -0.3 is 4.52 Å². The molecule has 0 spiro atoms. The number of piperazine rings is 1. The highest BCUT2D eigenvalue weighted by Crippen LogP contribution is 2.34. The van der Waals surface area contributed by atoms with Gasteiger partial charge in [0.1, 0.15) is 10.7 Å². The average Bonchev–Trinajstić information content (AvgIpc) is 2.93. The summed E-state index contributed by atoms with van der Waals surface area (Å²) in [5.74, 6) is 0.711. The third-order valence-electron chi connectivity index (χ3n) is 4.77. The standard InChI is InChI=1S/C17H19ClF3N3O3S/c1-11-14(12(2)27-22-11)10-23-5-7-24(8-6-23)28(25,26)16-9-13(17(19,20)21)3-4-15(16)18/h3-4,9H,5-8,10H2,1-2H3. The lowest BCUT2D eigenvalue weighted by Gasteiger charge is -2.34. The second-order valence-corrected chi connectivity index (χ2v) is 8.94. The lowest BCUT2D eigenvalue weighted by molar-refractivity contribution is -0.137. The zero-order valence-corrected chi connectivity index (χ0v) is 16.8. The van der Waals surface area contributed by atoms with Crippen LogP contribution in [0.4, 0.5) is 13.2 Å². The number of alkyl halides is 3. The van der Waals surface area contributed by atoms with Crippen LogP contribution in [0.3, 0.4) is 0 Å². The van der Waals surface area contributed by atoms with Crippen LogP contribution in [0.1, 0.15) is 22.6 Å². The number of halogens is 4. The average molecular weight is 438 g/mol. The van der Waals surface area contributed by atoms with E-state index in [0.717, 1.165) is 27.7 Å². The molecule has 0 amide bonds.